The Kier molecular flexibility index (Phi) is 17.1. The van der Waals surface area contributed by atoms with E-state index in [-0.39, 0.29) is 19.4 Å². The maximum Gasteiger partial charge on any atom is 0.309 e. The molecule has 3 atom stereocenters. The van der Waals surface area contributed by atoms with Crippen molar-refractivity contribution in [3.8, 4) is 0 Å². The van der Waals surface area contributed by atoms with Crippen molar-refractivity contribution in [1.82, 2.24) is 0 Å². The Morgan fingerprint density at radius 1 is 0.786 bits per heavy atom. The van der Waals surface area contributed by atoms with Crippen molar-refractivity contribution in [1.29, 1.82) is 0 Å². The van der Waals surface area contributed by atoms with Crippen LogP contribution < -0.4 is 0 Å². The maximum atomic E-state index is 12.1. The first-order valence-corrected chi connectivity index (χ1v) is 10.7. The fraction of sp³-hybridized carbons (Fsp3) is 0.905. The van der Waals surface area contributed by atoms with E-state index in [0.717, 1.165) is 51.4 Å². The standard InChI is InChI=1S/C21H40O7/c1-3-5-7-9-11-17(23)13-21(26)28-19(12-10-8-6-4-2)14-20(25)27-16-18(24)15-22/h17-19,22-24H,3-16H2,1-2H3/t17-,18-,19+/m0/s1. The lowest BCUT2D eigenvalue weighted by molar-refractivity contribution is -0.158. The summed E-state index contributed by atoms with van der Waals surface area (Å²) in [5.74, 6) is -1.09. The Hall–Kier alpha value is -1.18. The average molecular weight is 405 g/mol. The van der Waals surface area contributed by atoms with E-state index in [1.807, 2.05) is 0 Å². The summed E-state index contributed by atoms with van der Waals surface area (Å²) >= 11 is 0. The molecular formula is C21H40O7. The first-order chi connectivity index (χ1) is 13.4. The molecule has 28 heavy (non-hydrogen) atoms. The number of hydrogen-bond acceptors (Lipinski definition) is 7. The highest BCUT2D eigenvalue weighted by atomic mass is 16.6. The van der Waals surface area contributed by atoms with Gasteiger partial charge in [0.05, 0.1) is 25.6 Å². The van der Waals surface area contributed by atoms with Crippen molar-refractivity contribution in [2.75, 3.05) is 13.2 Å². The summed E-state index contributed by atoms with van der Waals surface area (Å²) in [6.07, 6.45) is 6.63. The van der Waals surface area contributed by atoms with Gasteiger partial charge < -0.3 is 24.8 Å². The van der Waals surface area contributed by atoms with E-state index in [1.54, 1.807) is 0 Å². The van der Waals surface area contributed by atoms with Crippen molar-refractivity contribution in [3.63, 3.8) is 0 Å². The lowest BCUT2D eigenvalue weighted by Crippen LogP contribution is -2.27. The Morgan fingerprint density at radius 3 is 1.96 bits per heavy atom. The fourth-order valence-electron chi connectivity index (χ4n) is 2.82. The van der Waals surface area contributed by atoms with Gasteiger partial charge in [-0.15, -0.1) is 0 Å². The molecule has 7 nitrogen and oxygen atoms in total. The maximum absolute atomic E-state index is 12.1. The number of carbonyl (C=O) groups is 2. The van der Waals surface area contributed by atoms with Gasteiger partial charge in [0, 0.05) is 0 Å². The molecule has 0 spiro atoms. The first-order valence-electron chi connectivity index (χ1n) is 10.7. The third-order valence-corrected chi connectivity index (χ3v) is 4.51. The molecule has 0 fully saturated rings. The molecule has 0 aromatic carbocycles. The van der Waals surface area contributed by atoms with Gasteiger partial charge in [-0.1, -0.05) is 58.8 Å². The molecule has 0 unspecified atom stereocenters. The van der Waals surface area contributed by atoms with Gasteiger partial charge in [0.2, 0.25) is 0 Å². The second kappa shape index (κ2) is 17.9. The van der Waals surface area contributed by atoms with Crippen molar-refractivity contribution < 1.29 is 34.4 Å². The van der Waals surface area contributed by atoms with Crippen LogP contribution in [0, 0.1) is 0 Å². The Bertz CT molecular complexity index is 400. The predicted molar refractivity (Wildman–Crippen MR) is 107 cm³/mol. The molecule has 0 amide bonds. The summed E-state index contributed by atoms with van der Waals surface area (Å²) in [7, 11) is 0. The zero-order chi connectivity index (χ0) is 21.2. The Morgan fingerprint density at radius 2 is 1.39 bits per heavy atom. The van der Waals surface area contributed by atoms with E-state index < -0.39 is 36.9 Å². The fourth-order valence-corrected chi connectivity index (χ4v) is 2.82. The number of hydrogen-bond donors (Lipinski definition) is 3. The number of aliphatic hydroxyl groups is 3. The van der Waals surface area contributed by atoms with Crippen LogP contribution in [0.5, 0.6) is 0 Å². The van der Waals surface area contributed by atoms with E-state index in [4.69, 9.17) is 14.6 Å². The number of aliphatic hydroxyl groups excluding tert-OH is 3. The largest absolute Gasteiger partial charge is 0.463 e. The van der Waals surface area contributed by atoms with Crippen LogP contribution in [0.4, 0.5) is 0 Å². The van der Waals surface area contributed by atoms with E-state index in [2.05, 4.69) is 13.8 Å². The molecule has 0 aliphatic heterocycles. The number of rotatable bonds is 18. The van der Waals surface area contributed by atoms with Crippen LogP contribution in [0.15, 0.2) is 0 Å². The van der Waals surface area contributed by atoms with Crippen molar-refractivity contribution >= 4 is 11.9 Å². The highest BCUT2D eigenvalue weighted by Crippen LogP contribution is 2.15. The SMILES string of the molecule is CCCCCC[C@H](O)CC(=O)O[C@H](CCCCCC)CC(=O)OC[C@@H](O)CO. The highest BCUT2D eigenvalue weighted by molar-refractivity contribution is 5.72. The zero-order valence-corrected chi connectivity index (χ0v) is 17.6. The van der Waals surface area contributed by atoms with Gasteiger partial charge in [-0.25, -0.2) is 0 Å². The molecule has 3 N–H and O–H groups in total. The molecule has 0 aromatic rings. The van der Waals surface area contributed by atoms with Crippen molar-refractivity contribution in [3.05, 3.63) is 0 Å². The molecule has 7 heteroatoms. The van der Waals surface area contributed by atoms with Gasteiger partial charge >= 0.3 is 11.9 Å². The Balaban J connectivity index is 4.40. The molecule has 0 saturated carbocycles. The molecule has 0 radical (unpaired) electrons. The molecule has 0 heterocycles. The van der Waals surface area contributed by atoms with E-state index in [0.29, 0.717) is 12.8 Å². The van der Waals surface area contributed by atoms with Gasteiger partial charge in [-0.05, 0) is 19.3 Å². The summed E-state index contributed by atoms with van der Waals surface area (Å²) in [6, 6.07) is 0. The van der Waals surface area contributed by atoms with Crippen LogP contribution in [-0.4, -0.2) is 58.8 Å². The molecular weight excluding hydrogens is 364 g/mol. The minimum absolute atomic E-state index is 0.0736. The molecule has 0 rings (SSSR count). The summed E-state index contributed by atoms with van der Waals surface area (Å²) in [5.41, 5.74) is 0. The first kappa shape index (κ1) is 26.8. The normalized spacial score (nSPS) is 14.3. The summed E-state index contributed by atoms with van der Waals surface area (Å²) < 4.78 is 10.3. The lowest BCUT2D eigenvalue weighted by Gasteiger charge is -2.19. The Labute approximate surface area is 169 Å². The number of carbonyl (C=O) groups excluding carboxylic acids is 2. The smallest absolute Gasteiger partial charge is 0.309 e. The molecule has 0 aliphatic carbocycles. The minimum Gasteiger partial charge on any atom is -0.463 e. The average Bonchev–Trinajstić information content (AvgIpc) is 2.66. The van der Waals surface area contributed by atoms with Crippen molar-refractivity contribution in [2.24, 2.45) is 0 Å². The molecule has 0 bridgehead atoms. The number of esters is 2. The van der Waals surface area contributed by atoms with Crippen LogP contribution in [-0.2, 0) is 19.1 Å². The minimum atomic E-state index is -1.11. The van der Waals surface area contributed by atoms with Crippen LogP contribution in [0.1, 0.15) is 90.9 Å². The third-order valence-electron chi connectivity index (χ3n) is 4.51. The van der Waals surface area contributed by atoms with Crippen LogP contribution in [0.3, 0.4) is 0 Å². The third kappa shape index (κ3) is 15.8. The molecule has 166 valence electrons. The van der Waals surface area contributed by atoms with Crippen molar-refractivity contribution in [2.45, 2.75) is 109 Å². The van der Waals surface area contributed by atoms with Gasteiger partial charge in [0.1, 0.15) is 18.8 Å². The van der Waals surface area contributed by atoms with E-state index in [1.165, 1.54) is 0 Å². The van der Waals surface area contributed by atoms with Gasteiger partial charge in [-0.2, -0.15) is 0 Å². The van der Waals surface area contributed by atoms with Gasteiger partial charge in [-0.3, -0.25) is 9.59 Å². The summed E-state index contributed by atoms with van der Waals surface area (Å²) in [6.45, 7) is 3.44. The summed E-state index contributed by atoms with van der Waals surface area (Å²) in [4.78, 5) is 24.0. The zero-order valence-electron chi connectivity index (χ0n) is 17.6. The van der Waals surface area contributed by atoms with E-state index >= 15 is 0 Å². The lowest BCUT2D eigenvalue weighted by atomic mass is 10.1. The van der Waals surface area contributed by atoms with Crippen LogP contribution in [0.25, 0.3) is 0 Å². The number of unbranched alkanes of at least 4 members (excludes halogenated alkanes) is 6. The van der Waals surface area contributed by atoms with Crippen LogP contribution >= 0.6 is 0 Å². The monoisotopic (exact) mass is 404 g/mol. The molecule has 0 aromatic heterocycles. The molecule has 0 aliphatic rings. The van der Waals surface area contributed by atoms with Gasteiger partial charge in [0.15, 0.2) is 0 Å². The predicted octanol–water partition coefficient (Wildman–Crippen LogP) is 2.88. The quantitative estimate of drug-likeness (QED) is 0.238. The number of ether oxygens (including phenoxy) is 2. The van der Waals surface area contributed by atoms with Gasteiger partial charge in [0.25, 0.3) is 0 Å². The second-order valence-corrected chi connectivity index (χ2v) is 7.39. The molecule has 0 saturated heterocycles. The highest BCUT2D eigenvalue weighted by Gasteiger charge is 2.21. The second-order valence-electron chi connectivity index (χ2n) is 7.39. The topological polar surface area (TPSA) is 113 Å². The van der Waals surface area contributed by atoms with Crippen LogP contribution in [0.2, 0.25) is 0 Å². The van der Waals surface area contributed by atoms with E-state index in [9.17, 15) is 19.8 Å². The summed E-state index contributed by atoms with van der Waals surface area (Å²) in [5, 5.41) is 28.0.